The minimum Gasteiger partial charge on any atom is -0.469 e. The molecule has 2 N–H and O–H groups in total. The van der Waals surface area contributed by atoms with Gasteiger partial charge in [0.1, 0.15) is 5.82 Å². The predicted octanol–water partition coefficient (Wildman–Crippen LogP) is 3.05. The Morgan fingerprint density at radius 1 is 1.27 bits per heavy atom. The number of hydrogen-bond acceptors (Lipinski definition) is 6. The lowest BCUT2D eigenvalue weighted by Gasteiger charge is -2.26. The number of hydrogen-bond donors (Lipinski definition) is 2. The molecule has 0 spiro atoms. The van der Waals surface area contributed by atoms with Crippen molar-refractivity contribution in [1.82, 2.24) is 10.3 Å². The van der Waals surface area contributed by atoms with Gasteiger partial charge >= 0.3 is 12.1 Å². The van der Waals surface area contributed by atoms with E-state index in [0.29, 0.717) is 11.7 Å². The number of rotatable bonds is 5. The summed E-state index contributed by atoms with van der Waals surface area (Å²) in [6, 6.07) is 3.82. The summed E-state index contributed by atoms with van der Waals surface area (Å²) >= 11 is 5.03. The highest BCUT2D eigenvalue weighted by molar-refractivity contribution is 7.80. The predicted molar refractivity (Wildman–Crippen MR) is 102 cm³/mol. The Bertz CT molecular complexity index is 628. The average Bonchev–Trinajstić information content (AvgIpc) is 2.63. The number of methoxy groups -OCH3 is 1. The van der Waals surface area contributed by atoms with Crippen LogP contribution in [0.25, 0.3) is 0 Å². The molecule has 0 saturated heterocycles. The second-order valence-electron chi connectivity index (χ2n) is 6.30. The van der Waals surface area contributed by atoms with E-state index in [0.717, 1.165) is 37.7 Å². The van der Waals surface area contributed by atoms with Gasteiger partial charge in [0.2, 0.25) is 0 Å². The molecule has 1 aromatic rings. The van der Waals surface area contributed by atoms with Gasteiger partial charge in [0.15, 0.2) is 5.11 Å². The van der Waals surface area contributed by atoms with E-state index in [9.17, 15) is 9.59 Å². The summed E-state index contributed by atoms with van der Waals surface area (Å²) in [5.41, 5.74) is 1.14. The second-order valence-corrected chi connectivity index (χ2v) is 6.70. The molecule has 1 heterocycles. The van der Waals surface area contributed by atoms with Crippen LogP contribution in [0.5, 0.6) is 0 Å². The quantitative estimate of drug-likeness (QED) is 0.600. The van der Waals surface area contributed by atoms with Crippen LogP contribution in [0.15, 0.2) is 18.3 Å². The lowest BCUT2D eigenvalue weighted by molar-refractivity contribution is -0.146. The third kappa shape index (κ3) is 6.25. The van der Waals surface area contributed by atoms with Gasteiger partial charge in [0.25, 0.3) is 0 Å². The van der Waals surface area contributed by atoms with E-state index in [1.165, 1.54) is 7.11 Å². The van der Waals surface area contributed by atoms with Crippen molar-refractivity contribution in [2.75, 3.05) is 19.0 Å². The highest BCUT2D eigenvalue weighted by Gasteiger charge is 2.26. The lowest BCUT2D eigenvalue weighted by atomic mass is 9.79. The molecule has 0 aliphatic heterocycles. The molecular weight excluding hydrogens is 354 g/mol. The first-order chi connectivity index (χ1) is 12.5. The molecule has 1 aliphatic rings. The van der Waals surface area contributed by atoms with E-state index in [1.807, 2.05) is 18.3 Å². The topological polar surface area (TPSA) is 89.6 Å². The number of carbonyl (C=O) groups is 2. The van der Waals surface area contributed by atoms with Crippen LogP contribution in [-0.4, -0.2) is 35.9 Å². The summed E-state index contributed by atoms with van der Waals surface area (Å²) in [5.74, 6) is 1.08. The molecule has 1 amide bonds. The minimum atomic E-state index is -0.593. The van der Waals surface area contributed by atoms with E-state index in [-0.39, 0.29) is 23.6 Å². The molecule has 0 unspecified atom stereocenters. The number of alkyl carbamates (subject to hydrolysis) is 1. The first-order valence-corrected chi connectivity index (χ1v) is 9.20. The Morgan fingerprint density at radius 2 is 2.00 bits per heavy atom. The number of carbonyl (C=O) groups excluding carboxylic acids is 2. The minimum absolute atomic E-state index is 0.0499. The van der Waals surface area contributed by atoms with Crippen LogP contribution in [0.3, 0.4) is 0 Å². The molecule has 0 bridgehead atoms. The SMILES string of the molecule is CCOC(=O)NC(=S)Nc1ccc(CC2CCC(C(=O)OC)CC2)cn1. The van der Waals surface area contributed by atoms with Gasteiger partial charge < -0.3 is 14.8 Å². The monoisotopic (exact) mass is 379 g/mol. The third-order valence-electron chi connectivity index (χ3n) is 4.46. The van der Waals surface area contributed by atoms with Gasteiger partial charge in [-0.3, -0.25) is 10.1 Å². The maximum Gasteiger partial charge on any atom is 0.413 e. The molecule has 2 rings (SSSR count). The summed E-state index contributed by atoms with van der Waals surface area (Å²) < 4.78 is 9.58. The van der Waals surface area contributed by atoms with Gasteiger partial charge in [-0.15, -0.1) is 0 Å². The first kappa shape index (κ1) is 20.1. The molecule has 1 fully saturated rings. The number of pyridine rings is 1. The zero-order chi connectivity index (χ0) is 18.9. The number of esters is 1. The number of ether oxygens (including phenoxy) is 2. The van der Waals surface area contributed by atoms with Crippen LogP contribution in [0.4, 0.5) is 10.6 Å². The van der Waals surface area contributed by atoms with Crippen molar-refractivity contribution >= 4 is 35.2 Å². The summed E-state index contributed by atoms with van der Waals surface area (Å²) in [6.07, 6.45) is 5.97. The summed E-state index contributed by atoms with van der Waals surface area (Å²) in [7, 11) is 1.45. The van der Waals surface area contributed by atoms with Crippen molar-refractivity contribution in [3.8, 4) is 0 Å². The maximum absolute atomic E-state index is 11.6. The fourth-order valence-electron chi connectivity index (χ4n) is 3.13. The molecule has 0 aromatic carbocycles. The van der Waals surface area contributed by atoms with E-state index in [2.05, 4.69) is 15.6 Å². The van der Waals surface area contributed by atoms with E-state index < -0.39 is 6.09 Å². The Morgan fingerprint density at radius 3 is 2.58 bits per heavy atom. The third-order valence-corrected chi connectivity index (χ3v) is 4.67. The Balaban J connectivity index is 1.78. The highest BCUT2D eigenvalue weighted by atomic mass is 32.1. The van der Waals surface area contributed by atoms with E-state index in [1.54, 1.807) is 6.92 Å². The number of thiocarbonyl (C=S) groups is 1. The fourth-order valence-corrected chi connectivity index (χ4v) is 3.32. The largest absolute Gasteiger partial charge is 0.469 e. The number of nitrogens with one attached hydrogen (secondary N) is 2. The van der Waals surface area contributed by atoms with Crippen LogP contribution in [0.1, 0.15) is 38.2 Å². The molecule has 0 radical (unpaired) electrons. The van der Waals surface area contributed by atoms with E-state index >= 15 is 0 Å². The number of anilines is 1. The molecule has 142 valence electrons. The zero-order valence-electron chi connectivity index (χ0n) is 15.1. The van der Waals surface area contributed by atoms with Gasteiger partial charge in [-0.25, -0.2) is 9.78 Å². The lowest BCUT2D eigenvalue weighted by Crippen LogP contribution is -2.34. The molecule has 26 heavy (non-hydrogen) atoms. The van der Waals surface area contributed by atoms with Gasteiger partial charge in [0.05, 0.1) is 19.6 Å². The van der Waals surface area contributed by atoms with Crippen molar-refractivity contribution in [3.63, 3.8) is 0 Å². The average molecular weight is 379 g/mol. The smallest absolute Gasteiger partial charge is 0.413 e. The standard InChI is InChI=1S/C18H25N3O4S/c1-3-25-18(23)21-17(26)20-15-9-6-13(11-19-15)10-12-4-7-14(8-5-12)16(22)24-2/h6,9,11-12,14H,3-5,7-8,10H2,1-2H3,(H2,19,20,21,23,26). The highest BCUT2D eigenvalue weighted by Crippen LogP contribution is 2.31. The van der Waals surface area contributed by atoms with Crippen molar-refractivity contribution in [1.29, 1.82) is 0 Å². The van der Waals surface area contributed by atoms with Crippen molar-refractivity contribution in [2.24, 2.45) is 11.8 Å². The fraction of sp³-hybridized carbons (Fsp3) is 0.556. The van der Waals surface area contributed by atoms with Crippen molar-refractivity contribution in [3.05, 3.63) is 23.9 Å². The van der Waals surface area contributed by atoms with Crippen LogP contribution in [0.2, 0.25) is 0 Å². The molecule has 1 aliphatic carbocycles. The van der Waals surface area contributed by atoms with Gasteiger partial charge in [0, 0.05) is 6.20 Å². The van der Waals surface area contributed by atoms with Crippen LogP contribution < -0.4 is 10.6 Å². The number of nitrogens with zero attached hydrogens (tertiary/aromatic N) is 1. The Kier molecular flexibility index (Phi) is 7.77. The Hall–Kier alpha value is -2.22. The summed E-state index contributed by atoms with van der Waals surface area (Å²) in [6.45, 7) is 2.00. The molecule has 0 atom stereocenters. The molecular formula is C18H25N3O4S. The Labute approximate surface area is 158 Å². The molecule has 8 heteroatoms. The van der Waals surface area contributed by atoms with Crippen LogP contribution in [0, 0.1) is 11.8 Å². The summed E-state index contributed by atoms with van der Waals surface area (Å²) in [4.78, 5) is 27.2. The first-order valence-electron chi connectivity index (χ1n) is 8.79. The van der Waals surface area contributed by atoms with Gasteiger partial charge in [-0.2, -0.15) is 0 Å². The number of aromatic nitrogens is 1. The van der Waals surface area contributed by atoms with E-state index in [4.69, 9.17) is 21.7 Å². The molecule has 1 saturated carbocycles. The van der Waals surface area contributed by atoms with Gasteiger partial charge in [-0.1, -0.05) is 6.07 Å². The maximum atomic E-state index is 11.6. The molecule has 1 aromatic heterocycles. The normalized spacial score (nSPS) is 19.3. The summed E-state index contributed by atoms with van der Waals surface area (Å²) in [5, 5.41) is 5.40. The molecule has 7 nitrogen and oxygen atoms in total. The van der Waals surface area contributed by atoms with Gasteiger partial charge in [-0.05, 0) is 68.8 Å². The van der Waals surface area contributed by atoms with Crippen LogP contribution >= 0.6 is 12.2 Å². The second kappa shape index (κ2) is 10.1. The van der Waals surface area contributed by atoms with Crippen molar-refractivity contribution in [2.45, 2.75) is 39.0 Å². The zero-order valence-corrected chi connectivity index (χ0v) is 15.9. The van der Waals surface area contributed by atoms with Crippen molar-refractivity contribution < 1.29 is 19.1 Å². The number of amides is 1. The van der Waals surface area contributed by atoms with Crippen LogP contribution in [-0.2, 0) is 20.7 Å².